The van der Waals surface area contributed by atoms with Crippen molar-refractivity contribution in [1.82, 2.24) is 5.01 Å². The average molecular weight is 330 g/mol. The second-order valence-corrected chi connectivity index (χ2v) is 5.52. The normalized spacial score (nSPS) is 15.6. The van der Waals surface area contributed by atoms with Gasteiger partial charge in [0, 0.05) is 30.5 Å². The Bertz CT molecular complexity index is 427. The molecule has 0 aromatic heterocycles. The van der Waals surface area contributed by atoms with Crippen molar-refractivity contribution in [3.63, 3.8) is 0 Å². The smallest absolute Gasteiger partial charge is 0.0659 e. The van der Waals surface area contributed by atoms with E-state index in [1.807, 2.05) is 11.2 Å². The minimum Gasteiger partial charge on any atom is -0.378 e. The average Bonchev–Trinajstić information content (AvgIpc) is 2.54. The van der Waals surface area contributed by atoms with Crippen LogP contribution in [-0.4, -0.2) is 62.4 Å². The minimum atomic E-state index is 0.594. The molecule has 1 aromatic carbocycles. The van der Waals surface area contributed by atoms with Gasteiger partial charge in [-0.15, -0.1) is 23.2 Å². The molecule has 0 N–H and O–H groups in total. The van der Waals surface area contributed by atoms with Gasteiger partial charge in [-0.05, 0) is 17.7 Å². The number of benzene rings is 1. The van der Waals surface area contributed by atoms with E-state index < -0.39 is 0 Å². The molecule has 116 valence electrons. The first-order valence-electron chi connectivity index (χ1n) is 7.17. The van der Waals surface area contributed by atoms with E-state index >= 15 is 0 Å². The summed E-state index contributed by atoms with van der Waals surface area (Å²) in [5, 5.41) is 6.51. The Kier molecular flexibility index (Phi) is 7.13. The van der Waals surface area contributed by atoms with E-state index in [4.69, 9.17) is 27.9 Å². The Hall–Kier alpha value is -0.970. The number of halogens is 2. The summed E-state index contributed by atoms with van der Waals surface area (Å²) in [7, 11) is 0. The lowest BCUT2D eigenvalue weighted by molar-refractivity contribution is 0.0397. The van der Waals surface area contributed by atoms with Crippen molar-refractivity contribution >= 4 is 35.1 Å². The third-order valence-electron chi connectivity index (χ3n) is 3.32. The molecule has 21 heavy (non-hydrogen) atoms. The molecule has 1 aliphatic heterocycles. The SMILES string of the molecule is ClCCN(CCCl)c1ccc(C=NN2CCOCC2)cc1. The van der Waals surface area contributed by atoms with E-state index in [9.17, 15) is 0 Å². The highest BCUT2D eigenvalue weighted by Gasteiger charge is 2.07. The fraction of sp³-hybridized carbons (Fsp3) is 0.533. The molecule has 0 unspecified atom stereocenters. The number of anilines is 1. The third kappa shape index (κ3) is 5.38. The maximum atomic E-state index is 5.83. The van der Waals surface area contributed by atoms with Gasteiger partial charge in [0.15, 0.2) is 0 Å². The van der Waals surface area contributed by atoms with Crippen LogP contribution in [0.25, 0.3) is 0 Å². The van der Waals surface area contributed by atoms with Gasteiger partial charge >= 0.3 is 0 Å². The van der Waals surface area contributed by atoms with Gasteiger partial charge in [-0.25, -0.2) is 0 Å². The molecule has 0 atom stereocenters. The van der Waals surface area contributed by atoms with Crippen molar-refractivity contribution in [2.24, 2.45) is 5.10 Å². The van der Waals surface area contributed by atoms with E-state index in [0.29, 0.717) is 11.8 Å². The molecule has 4 nitrogen and oxygen atoms in total. The lowest BCUT2D eigenvalue weighted by Crippen LogP contribution is -2.32. The van der Waals surface area contributed by atoms with Gasteiger partial charge in [-0.3, -0.25) is 5.01 Å². The molecule has 0 amide bonds. The Morgan fingerprint density at radius 3 is 2.29 bits per heavy atom. The van der Waals surface area contributed by atoms with E-state index in [-0.39, 0.29) is 0 Å². The number of alkyl halides is 2. The second-order valence-electron chi connectivity index (χ2n) is 4.77. The molecule has 0 radical (unpaired) electrons. The van der Waals surface area contributed by atoms with Gasteiger partial charge in [0.25, 0.3) is 0 Å². The number of hydrogen-bond donors (Lipinski definition) is 0. The highest BCUT2D eigenvalue weighted by molar-refractivity contribution is 6.18. The Morgan fingerprint density at radius 2 is 1.71 bits per heavy atom. The summed E-state index contributed by atoms with van der Waals surface area (Å²) in [6.07, 6.45) is 1.89. The summed E-state index contributed by atoms with van der Waals surface area (Å²) in [6.45, 7) is 4.82. The summed E-state index contributed by atoms with van der Waals surface area (Å²) in [5.74, 6) is 1.19. The highest BCUT2D eigenvalue weighted by Crippen LogP contribution is 2.15. The van der Waals surface area contributed by atoms with Gasteiger partial charge in [0.1, 0.15) is 0 Å². The van der Waals surface area contributed by atoms with Gasteiger partial charge in [0.2, 0.25) is 0 Å². The molecule has 2 rings (SSSR count). The van der Waals surface area contributed by atoms with Crippen LogP contribution in [0, 0.1) is 0 Å². The highest BCUT2D eigenvalue weighted by atomic mass is 35.5. The van der Waals surface area contributed by atoms with Crippen molar-refractivity contribution < 1.29 is 4.74 Å². The van der Waals surface area contributed by atoms with E-state index in [1.165, 1.54) is 0 Å². The van der Waals surface area contributed by atoms with Gasteiger partial charge < -0.3 is 9.64 Å². The number of ether oxygens (including phenoxy) is 1. The maximum absolute atomic E-state index is 5.83. The Balaban J connectivity index is 1.95. The van der Waals surface area contributed by atoms with E-state index in [2.05, 4.69) is 34.3 Å². The summed E-state index contributed by atoms with van der Waals surface area (Å²) in [5.41, 5.74) is 2.22. The van der Waals surface area contributed by atoms with E-state index in [0.717, 1.165) is 50.6 Å². The van der Waals surface area contributed by atoms with Crippen molar-refractivity contribution in [1.29, 1.82) is 0 Å². The fourth-order valence-corrected chi connectivity index (χ4v) is 2.57. The van der Waals surface area contributed by atoms with Crippen LogP contribution in [0.15, 0.2) is 29.4 Å². The molecule has 1 aromatic rings. The minimum absolute atomic E-state index is 0.594. The lowest BCUT2D eigenvalue weighted by atomic mass is 10.2. The molecule has 1 fully saturated rings. The topological polar surface area (TPSA) is 28.1 Å². The molecule has 0 spiro atoms. The van der Waals surface area contributed by atoms with Gasteiger partial charge in [0.05, 0.1) is 32.5 Å². The molecule has 0 saturated carbocycles. The zero-order valence-electron chi connectivity index (χ0n) is 12.0. The number of rotatable bonds is 7. The first kappa shape index (κ1) is 16.4. The zero-order valence-corrected chi connectivity index (χ0v) is 13.6. The monoisotopic (exact) mass is 329 g/mol. The Labute approximate surface area is 136 Å². The molecule has 0 aliphatic carbocycles. The Morgan fingerprint density at radius 1 is 1.10 bits per heavy atom. The van der Waals surface area contributed by atoms with Gasteiger partial charge in [-0.2, -0.15) is 5.10 Å². The van der Waals surface area contributed by atoms with E-state index in [1.54, 1.807) is 0 Å². The van der Waals surface area contributed by atoms with Crippen LogP contribution in [0.5, 0.6) is 0 Å². The van der Waals surface area contributed by atoms with Crippen LogP contribution in [0.3, 0.4) is 0 Å². The van der Waals surface area contributed by atoms with Gasteiger partial charge in [-0.1, -0.05) is 12.1 Å². The van der Waals surface area contributed by atoms with Crippen LogP contribution < -0.4 is 4.90 Å². The predicted octanol–water partition coefficient (Wildman–Crippen LogP) is 2.64. The first-order valence-corrected chi connectivity index (χ1v) is 8.24. The summed E-state index contributed by atoms with van der Waals surface area (Å²) in [4.78, 5) is 2.18. The maximum Gasteiger partial charge on any atom is 0.0659 e. The molecule has 1 heterocycles. The largest absolute Gasteiger partial charge is 0.378 e. The summed E-state index contributed by atoms with van der Waals surface area (Å²) in [6, 6.07) is 8.29. The second kappa shape index (κ2) is 9.13. The van der Waals surface area contributed by atoms with Crippen molar-refractivity contribution in [2.75, 3.05) is 56.1 Å². The zero-order chi connectivity index (χ0) is 14.9. The standard InChI is InChI=1S/C15H21Cl2N3O/c16-5-7-19(8-6-17)15-3-1-14(2-4-15)13-18-20-9-11-21-12-10-20/h1-4,13H,5-12H2. The number of hydrazone groups is 1. The summed E-state index contributed by atoms with van der Waals surface area (Å²) < 4.78 is 5.30. The molecule has 1 aliphatic rings. The molecule has 0 bridgehead atoms. The van der Waals surface area contributed by atoms with Crippen molar-refractivity contribution in [3.05, 3.63) is 29.8 Å². The number of nitrogens with zero attached hydrogens (tertiary/aromatic N) is 3. The van der Waals surface area contributed by atoms with Crippen LogP contribution in [0.4, 0.5) is 5.69 Å². The molecule has 1 saturated heterocycles. The number of morpholine rings is 1. The lowest BCUT2D eigenvalue weighted by Gasteiger charge is -2.24. The van der Waals surface area contributed by atoms with Crippen LogP contribution >= 0.6 is 23.2 Å². The number of hydrogen-bond acceptors (Lipinski definition) is 4. The van der Waals surface area contributed by atoms with Crippen LogP contribution in [-0.2, 0) is 4.74 Å². The molecular formula is C15H21Cl2N3O. The van der Waals surface area contributed by atoms with Crippen LogP contribution in [0.2, 0.25) is 0 Å². The summed E-state index contributed by atoms with van der Waals surface area (Å²) >= 11 is 11.7. The quantitative estimate of drug-likeness (QED) is 0.568. The van der Waals surface area contributed by atoms with Crippen molar-refractivity contribution in [2.45, 2.75) is 0 Å². The molecular weight excluding hydrogens is 309 g/mol. The van der Waals surface area contributed by atoms with Crippen molar-refractivity contribution in [3.8, 4) is 0 Å². The first-order chi connectivity index (χ1) is 10.3. The van der Waals surface area contributed by atoms with Crippen LogP contribution in [0.1, 0.15) is 5.56 Å². The molecule has 6 heteroatoms. The predicted molar refractivity (Wildman–Crippen MR) is 90.1 cm³/mol. The fourth-order valence-electron chi connectivity index (χ4n) is 2.16. The third-order valence-corrected chi connectivity index (χ3v) is 3.66.